The Bertz CT molecular complexity index is 828. The smallest absolute Gasteiger partial charge is 0.326 e. The van der Waals surface area contributed by atoms with Crippen molar-refractivity contribution in [2.24, 2.45) is 11.5 Å². The van der Waals surface area contributed by atoms with Crippen LogP contribution in [0.5, 0.6) is 0 Å². The highest BCUT2D eigenvalue weighted by molar-refractivity contribution is 5.94. The standard InChI is InChI=1S/C20H32N6O9/c21-14(27)6-3-11(19(33)26-13(20(34)35)4-7-15(22)28)25-18(32)12(5-8-16(29)30)24-17(31)10-2-1-9-23-10/h10-13,23H,1-9H2,(H2,21,27)(H2,22,28)(H,24,31)(H,25,32)(H,26,33)(H,29,30)(H,34,35). The number of carboxylic acid groups (broad SMARTS) is 2. The molecule has 0 aliphatic carbocycles. The first-order valence-corrected chi connectivity index (χ1v) is 11.1. The predicted octanol–water partition coefficient (Wildman–Crippen LogP) is -3.33. The molecule has 15 nitrogen and oxygen atoms in total. The van der Waals surface area contributed by atoms with Crippen molar-refractivity contribution in [1.29, 1.82) is 0 Å². The van der Waals surface area contributed by atoms with Gasteiger partial charge in [-0.1, -0.05) is 0 Å². The largest absolute Gasteiger partial charge is 0.481 e. The molecule has 4 unspecified atom stereocenters. The number of amides is 5. The summed E-state index contributed by atoms with van der Waals surface area (Å²) in [6, 6.07) is -4.79. The van der Waals surface area contributed by atoms with Crippen LogP contribution < -0.4 is 32.7 Å². The van der Waals surface area contributed by atoms with Gasteiger partial charge in [0.05, 0.1) is 6.04 Å². The number of nitrogens with two attached hydrogens (primary N) is 2. The van der Waals surface area contributed by atoms with Crippen LogP contribution in [0.4, 0.5) is 0 Å². The lowest BCUT2D eigenvalue weighted by Gasteiger charge is -2.25. The van der Waals surface area contributed by atoms with E-state index in [1.54, 1.807) is 0 Å². The Labute approximate surface area is 200 Å². The summed E-state index contributed by atoms with van der Waals surface area (Å²) in [5, 5.41) is 28.2. The molecule has 10 N–H and O–H groups in total. The molecule has 0 saturated carbocycles. The molecule has 0 aromatic heterocycles. The van der Waals surface area contributed by atoms with Gasteiger partial charge in [-0.25, -0.2) is 4.79 Å². The second kappa shape index (κ2) is 14.5. The molecule has 1 aliphatic heterocycles. The Kier molecular flexibility index (Phi) is 12.1. The summed E-state index contributed by atoms with van der Waals surface area (Å²) in [4.78, 5) is 82.7. The molecule has 0 aromatic rings. The Morgan fingerprint density at radius 1 is 0.771 bits per heavy atom. The lowest BCUT2D eigenvalue weighted by Crippen LogP contribution is -2.57. The van der Waals surface area contributed by atoms with Crippen LogP contribution in [0, 0.1) is 0 Å². The van der Waals surface area contributed by atoms with E-state index in [0.29, 0.717) is 13.0 Å². The third kappa shape index (κ3) is 11.3. The van der Waals surface area contributed by atoms with Crippen LogP contribution in [0.15, 0.2) is 0 Å². The highest BCUT2D eigenvalue weighted by Crippen LogP contribution is 2.08. The monoisotopic (exact) mass is 500 g/mol. The fraction of sp³-hybridized carbons (Fsp3) is 0.650. The molecule has 0 aromatic carbocycles. The van der Waals surface area contributed by atoms with E-state index in [4.69, 9.17) is 16.6 Å². The van der Waals surface area contributed by atoms with Crippen molar-refractivity contribution < 1.29 is 43.8 Å². The Balaban J connectivity index is 2.97. The summed E-state index contributed by atoms with van der Waals surface area (Å²) in [6.45, 7) is 0.611. The zero-order valence-electron chi connectivity index (χ0n) is 19.1. The SMILES string of the molecule is NC(=O)CCC(NC(=O)C(CCC(N)=O)NC(=O)C(CCC(=O)O)NC(=O)C1CCCN1)C(=O)O. The number of nitrogens with one attached hydrogen (secondary N) is 4. The molecule has 1 saturated heterocycles. The first-order valence-electron chi connectivity index (χ1n) is 11.1. The third-order valence-corrected chi connectivity index (χ3v) is 5.26. The van der Waals surface area contributed by atoms with Gasteiger partial charge in [0, 0.05) is 19.3 Å². The van der Waals surface area contributed by atoms with E-state index in [0.717, 1.165) is 6.42 Å². The maximum atomic E-state index is 12.9. The molecule has 15 heteroatoms. The maximum absolute atomic E-state index is 12.9. The number of rotatable bonds is 16. The molecule has 0 spiro atoms. The molecule has 4 atom stereocenters. The van der Waals surface area contributed by atoms with Crippen molar-refractivity contribution in [2.75, 3.05) is 6.54 Å². The minimum absolute atomic E-state index is 0.278. The number of carbonyl (C=O) groups is 7. The zero-order valence-corrected chi connectivity index (χ0v) is 19.1. The van der Waals surface area contributed by atoms with Crippen molar-refractivity contribution in [3.05, 3.63) is 0 Å². The molecule has 196 valence electrons. The highest BCUT2D eigenvalue weighted by atomic mass is 16.4. The first-order chi connectivity index (χ1) is 16.4. The molecule has 0 radical (unpaired) electrons. The summed E-state index contributed by atoms with van der Waals surface area (Å²) < 4.78 is 0. The van der Waals surface area contributed by atoms with E-state index in [1.165, 1.54) is 0 Å². The Hall–Kier alpha value is -3.75. The highest BCUT2D eigenvalue weighted by Gasteiger charge is 2.32. The van der Waals surface area contributed by atoms with Gasteiger partial charge in [-0.05, 0) is 38.6 Å². The number of primary amides is 2. The van der Waals surface area contributed by atoms with E-state index in [9.17, 15) is 38.7 Å². The van der Waals surface area contributed by atoms with Crippen molar-refractivity contribution in [3.8, 4) is 0 Å². The van der Waals surface area contributed by atoms with Crippen LogP contribution in [-0.4, -0.2) is 82.4 Å². The lowest BCUT2D eigenvalue weighted by atomic mass is 10.1. The van der Waals surface area contributed by atoms with Crippen molar-refractivity contribution in [3.63, 3.8) is 0 Å². The summed E-state index contributed by atoms with van der Waals surface area (Å²) in [5.74, 6) is -6.61. The molecular formula is C20H32N6O9. The molecule has 1 fully saturated rings. The second-order valence-electron chi connectivity index (χ2n) is 8.11. The van der Waals surface area contributed by atoms with Gasteiger partial charge in [-0.15, -0.1) is 0 Å². The minimum Gasteiger partial charge on any atom is -0.481 e. The molecular weight excluding hydrogens is 468 g/mol. The van der Waals surface area contributed by atoms with Gasteiger partial charge in [0.2, 0.25) is 29.5 Å². The topological polar surface area (TPSA) is 260 Å². The predicted molar refractivity (Wildman–Crippen MR) is 118 cm³/mol. The summed E-state index contributed by atoms with van der Waals surface area (Å²) in [6.07, 6.45) is -0.714. The van der Waals surface area contributed by atoms with Crippen molar-refractivity contribution in [2.45, 2.75) is 75.5 Å². The number of carbonyl (C=O) groups excluding carboxylic acids is 5. The van der Waals surface area contributed by atoms with Gasteiger partial charge >= 0.3 is 11.9 Å². The van der Waals surface area contributed by atoms with Crippen molar-refractivity contribution >= 4 is 41.5 Å². The Morgan fingerprint density at radius 2 is 1.26 bits per heavy atom. The normalized spacial score (nSPS) is 17.4. The molecule has 5 amide bonds. The second-order valence-corrected chi connectivity index (χ2v) is 8.11. The number of hydrogen-bond donors (Lipinski definition) is 8. The third-order valence-electron chi connectivity index (χ3n) is 5.26. The van der Waals surface area contributed by atoms with Gasteiger partial charge in [0.15, 0.2) is 0 Å². The van der Waals surface area contributed by atoms with Crippen molar-refractivity contribution in [1.82, 2.24) is 21.3 Å². The van der Waals surface area contributed by atoms with Crippen LogP contribution in [-0.2, 0) is 33.6 Å². The van der Waals surface area contributed by atoms with Crippen LogP contribution in [0.2, 0.25) is 0 Å². The van der Waals surface area contributed by atoms with Crippen LogP contribution >= 0.6 is 0 Å². The lowest BCUT2D eigenvalue weighted by molar-refractivity contribution is -0.142. The van der Waals surface area contributed by atoms with Gasteiger partial charge in [0.25, 0.3) is 0 Å². The van der Waals surface area contributed by atoms with E-state index in [2.05, 4.69) is 21.3 Å². The molecule has 1 rings (SSSR count). The van der Waals surface area contributed by atoms with Gasteiger partial charge in [-0.2, -0.15) is 0 Å². The van der Waals surface area contributed by atoms with E-state index < -0.39 is 72.1 Å². The van der Waals surface area contributed by atoms with Gasteiger partial charge < -0.3 is 42.9 Å². The maximum Gasteiger partial charge on any atom is 0.326 e. The minimum atomic E-state index is -1.50. The zero-order chi connectivity index (χ0) is 26.5. The summed E-state index contributed by atoms with van der Waals surface area (Å²) in [5.41, 5.74) is 10.1. The molecule has 1 heterocycles. The number of hydrogen-bond acceptors (Lipinski definition) is 8. The fourth-order valence-corrected chi connectivity index (χ4v) is 3.36. The number of carboxylic acids is 2. The average molecular weight is 501 g/mol. The van der Waals surface area contributed by atoms with Gasteiger partial charge in [0.1, 0.15) is 18.1 Å². The number of aliphatic carboxylic acids is 2. The quantitative estimate of drug-likeness (QED) is 0.104. The first kappa shape index (κ1) is 29.3. The Morgan fingerprint density at radius 3 is 1.71 bits per heavy atom. The summed E-state index contributed by atoms with van der Waals surface area (Å²) >= 11 is 0. The van der Waals surface area contributed by atoms with E-state index >= 15 is 0 Å². The van der Waals surface area contributed by atoms with Crippen LogP contribution in [0.3, 0.4) is 0 Å². The molecule has 1 aliphatic rings. The van der Waals surface area contributed by atoms with Crippen LogP contribution in [0.1, 0.15) is 51.4 Å². The van der Waals surface area contributed by atoms with Gasteiger partial charge in [-0.3, -0.25) is 28.8 Å². The average Bonchev–Trinajstić information content (AvgIpc) is 3.30. The molecule has 0 bridgehead atoms. The fourth-order valence-electron chi connectivity index (χ4n) is 3.36. The summed E-state index contributed by atoms with van der Waals surface area (Å²) in [7, 11) is 0. The van der Waals surface area contributed by atoms with E-state index in [-0.39, 0.29) is 32.1 Å². The molecule has 35 heavy (non-hydrogen) atoms. The van der Waals surface area contributed by atoms with E-state index in [1.807, 2.05) is 0 Å². The van der Waals surface area contributed by atoms with Crippen LogP contribution in [0.25, 0.3) is 0 Å².